The highest BCUT2D eigenvalue weighted by molar-refractivity contribution is 5.14. The number of nitrogens with two attached hydrogens (primary N) is 2. The van der Waals surface area contributed by atoms with E-state index in [4.69, 9.17) is 11.5 Å². The minimum Gasteiger partial charge on any atom is -0.367 e. The van der Waals surface area contributed by atoms with Crippen molar-refractivity contribution in [2.75, 3.05) is 12.3 Å². The van der Waals surface area contributed by atoms with Gasteiger partial charge >= 0.3 is 0 Å². The minimum atomic E-state index is 0.199. The van der Waals surface area contributed by atoms with E-state index < -0.39 is 0 Å². The van der Waals surface area contributed by atoms with Crippen LogP contribution in [0.5, 0.6) is 0 Å². The highest BCUT2D eigenvalue weighted by Crippen LogP contribution is 2.07. The predicted octanol–water partition coefficient (Wildman–Crippen LogP) is -0.551. The smallest absolute Gasteiger partial charge is 0.239 e. The number of aromatic nitrogens is 3. The first-order valence-corrected chi connectivity index (χ1v) is 3.12. The van der Waals surface area contributed by atoms with Crippen molar-refractivity contribution in [3.8, 4) is 0 Å². The molecule has 0 saturated carbocycles. The molecule has 1 aromatic heterocycles. The van der Waals surface area contributed by atoms with Crippen molar-refractivity contribution in [2.24, 2.45) is 5.73 Å². The van der Waals surface area contributed by atoms with E-state index in [1.807, 2.05) is 6.92 Å². The first-order chi connectivity index (χ1) is 4.74. The van der Waals surface area contributed by atoms with E-state index in [0.29, 0.717) is 6.54 Å². The fourth-order valence-electron chi connectivity index (χ4n) is 0.620. The van der Waals surface area contributed by atoms with Crippen LogP contribution in [0.4, 0.5) is 5.95 Å². The Morgan fingerprint density at radius 3 is 2.80 bits per heavy atom. The standard InChI is InChI=1S/C5H11N5/c1-3(2-6)4-8-5(7)10-9-4/h3H,2,6H2,1H3,(H3,7,8,9,10). The Bertz CT molecular complexity index is 206. The molecule has 0 bridgehead atoms. The molecule has 56 valence electrons. The first kappa shape index (κ1) is 7.01. The summed E-state index contributed by atoms with van der Waals surface area (Å²) in [6.07, 6.45) is 0. The molecular formula is C5H11N5. The van der Waals surface area contributed by atoms with Crippen LogP contribution in [-0.2, 0) is 0 Å². The summed E-state index contributed by atoms with van der Waals surface area (Å²) in [5.41, 5.74) is 10.7. The number of nitrogen functional groups attached to an aromatic ring is 1. The molecule has 1 unspecified atom stereocenters. The number of hydrogen-bond acceptors (Lipinski definition) is 4. The summed E-state index contributed by atoms with van der Waals surface area (Å²) in [5, 5.41) is 6.36. The van der Waals surface area contributed by atoms with Crippen molar-refractivity contribution in [1.82, 2.24) is 15.2 Å². The van der Waals surface area contributed by atoms with Crippen LogP contribution in [0.3, 0.4) is 0 Å². The van der Waals surface area contributed by atoms with Gasteiger partial charge in [0.25, 0.3) is 0 Å². The molecular weight excluding hydrogens is 130 g/mol. The third-order valence-electron chi connectivity index (χ3n) is 1.34. The Kier molecular flexibility index (Phi) is 1.86. The minimum absolute atomic E-state index is 0.199. The average Bonchev–Trinajstić information content (AvgIpc) is 2.34. The Morgan fingerprint density at radius 1 is 1.70 bits per heavy atom. The molecule has 0 amide bonds. The van der Waals surface area contributed by atoms with Crippen LogP contribution in [0.25, 0.3) is 0 Å². The van der Waals surface area contributed by atoms with Crippen LogP contribution < -0.4 is 11.5 Å². The lowest BCUT2D eigenvalue weighted by Gasteiger charge is -2.00. The molecule has 1 rings (SSSR count). The molecule has 5 nitrogen and oxygen atoms in total. The van der Waals surface area contributed by atoms with Crippen LogP contribution in [0.15, 0.2) is 0 Å². The third kappa shape index (κ3) is 1.24. The van der Waals surface area contributed by atoms with Crippen molar-refractivity contribution in [3.63, 3.8) is 0 Å². The molecule has 0 radical (unpaired) electrons. The Labute approximate surface area is 58.8 Å². The monoisotopic (exact) mass is 141 g/mol. The van der Waals surface area contributed by atoms with E-state index in [0.717, 1.165) is 5.82 Å². The highest BCUT2D eigenvalue weighted by Gasteiger charge is 2.06. The fraction of sp³-hybridized carbons (Fsp3) is 0.600. The van der Waals surface area contributed by atoms with Gasteiger partial charge in [0.15, 0.2) is 0 Å². The highest BCUT2D eigenvalue weighted by atomic mass is 15.3. The molecule has 5 N–H and O–H groups in total. The average molecular weight is 141 g/mol. The SMILES string of the molecule is CC(CN)c1nc(N)n[nH]1. The summed E-state index contributed by atoms with van der Waals surface area (Å²) in [6, 6.07) is 0. The van der Waals surface area contributed by atoms with Crippen LogP contribution in [0.1, 0.15) is 18.7 Å². The van der Waals surface area contributed by atoms with Gasteiger partial charge in [-0.2, -0.15) is 4.98 Å². The largest absolute Gasteiger partial charge is 0.367 e. The van der Waals surface area contributed by atoms with Gasteiger partial charge in [-0.15, -0.1) is 5.10 Å². The first-order valence-electron chi connectivity index (χ1n) is 3.12. The second-order valence-electron chi connectivity index (χ2n) is 2.22. The number of nitrogens with zero attached hydrogens (tertiary/aromatic N) is 2. The molecule has 1 heterocycles. The number of H-pyrrole nitrogens is 1. The number of rotatable bonds is 2. The predicted molar refractivity (Wildman–Crippen MR) is 38.3 cm³/mol. The third-order valence-corrected chi connectivity index (χ3v) is 1.34. The summed E-state index contributed by atoms with van der Waals surface area (Å²) in [7, 11) is 0. The van der Waals surface area contributed by atoms with Gasteiger partial charge in [0.05, 0.1) is 0 Å². The second-order valence-corrected chi connectivity index (χ2v) is 2.22. The van der Waals surface area contributed by atoms with E-state index >= 15 is 0 Å². The van der Waals surface area contributed by atoms with Gasteiger partial charge < -0.3 is 11.5 Å². The van der Waals surface area contributed by atoms with Crippen molar-refractivity contribution in [1.29, 1.82) is 0 Å². The molecule has 0 aliphatic carbocycles. The number of aromatic amines is 1. The van der Waals surface area contributed by atoms with Crippen molar-refractivity contribution in [3.05, 3.63) is 5.82 Å². The van der Waals surface area contributed by atoms with Gasteiger partial charge in [-0.05, 0) is 0 Å². The molecule has 10 heavy (non-hydrogen) atoms. The van der Waals surface area contributed by atoms with Crippen LogP contribution in [-0.4, -0.2) is 21.7 Å². The van der Waals surface area contributed by atoms with E-state index in [9.17, 15) is 0 Å². The second kappa shape index (κ2) is 2.66. The summed E-state index contributed by atoms with van der Waals surface area (Å²) in [5.74, 6) is 1.22. The van der Waals surface area contributed by atoms with Crippen LogP contribution >= 0.6 is 0 Å². The Balaban J connectivity index is 2.74. The molecule has 0 saturated heterocycles. The zero-order chi connectivity index (χ0) is 7.56. The topological polar surface area (TPSA) is 93.6 Å². The quantitative estimate of drug-likeness (QED) is 0.515. The summed E-state index contributed by atoms with van der Waals surface area (Å²) in [6.45, 7) is 2.51. The van der Waals surface area contributed by atoms with E-state index in [1.165, 1.54) is 0 Å². The maximum Gasteiger partial charge on any atom is 0.239 e. The molecule has 0 fully saturated rings. The van der Waals surface area contributed by atoms with Gasteiger partial charge in [-0.25, -0.2) is 0 Å². The number of hydrogen-bond donors (Lipinski definition) is 3. The van der Waals surface area contributed by atoms with Crippen LogP contribution in [0, 0.1) is 0 Å². The summed E-state index contributed by atoms with van der Waals surface area (Å²) in [4.78, 5) is 3.91. The number of nitrogens with one attached hydrogen (secondary N) is 1. The maximum absolute atomic E-state index is 5.38. The lowest BCUT2D eigenvalue weighted by molar-refractivity contribution is 0.716. The lowest BCUT2D eigenvalue weighted by atomic mass is 10.2. The van der Waals surface area contributed by atoms with Crippen molar-refractivity contribution < 1.29 is 0 Å². The lowest BCUT2D eigenvalue weighted by Crippen LogP contribution is -2.10. The van der Waals surface area contributed by atoms with Gasteiger partial charge in [0.2, 0.25) is 5.95 Å². The van der Waals surface area contributed by atoms with Gasteiger partial charge in [-0.3, -0.25) is 5.10 Å². The summed E-state index contributed by atoms with van der Waals surface area (Å²) >= 11 is 0. The van der Waals surface area contributed by atoms with E-state index in [2.05, 4.69) is 15.2 Å². The van der Waals surface area contributed by atoms with Gasteiger partial charge in [0, 0.05) is 12.5 Å². The van der Waals surface area contributed by atoms with Crippen molar-refractivity contribution >= 4 is 5.95 Å². The molecule has 0 spiro atoms. The summed E-state index contributed by atoms with van der Waals surface area (Å²) < 4.78 is 0. The zero-order valence-corrected chi connectivity index (χ0v) is 5.83. The molecule has 5 heteroatoms. The van der Waals surface area contributed by atoms with Crippen molar-refractivity contribution in [2.45, 2.75) is 12.8 Å². The van der Waals surface area contributed by atoms with Gasteiger partial charge in [0.1, 0.15) is 5.82 Å². The van der Waals surface area contributed by atoms with Crippen LogP contribution in [0.2, 0.25) is 0 Å². The number of anilines is 1. The maximum atomic E-state index is 5.38. The molecule has 0 aromatic carbocycles. The normalized spacial score (nSPS) is 13.4. The molecule has 1 aromatic rings. The molecule has 0 aliphatic rings. The van der Waals surface area contributed by atoms with E-state index in [1.54, 1.807) is 0 Å². The molecule has 0 aliphatic heterocycles. The Morgan fingerprint density at radius 2 is 2.40 bits per heavy atom. The van der Waals surface area contributed by atoms with E-state index in [-0.39, 0.29) is 11.9 Å². The zero-order valence-electron chi connectivity index (χ0n) is 5.83. The molecule has 1 atom stereocenters. The van der Waals surface area contributed by atoms with Gasteiger partial charge in [-0.1, -0.05) is 6.92 Å². The fourth-order valence-corrected chi connectivity index (χ4v) is 0.620. The Hall–Kier alpha value is -1.10.